The zero-order valence-corrected chi connectivity index (χ0v) is 10.3. The van der Waals surface area contributed by atoms with Crippen LogP contribution < -0.4 is 11.5 Å². The van der Waals surface area contributed by atoms with E-state index >= 15 is 0 Å². The normalized spacial score (nSPS) is 10.3. The van der Waals surface area contributed by atoms with Gasteiger partial charge in [-0.25, -0.2) is 0 Å². The molecule has 0 saturated heterocycles. The van der Waals surface area contributed by atoms with Crippen LogP contribution in [-0.4, -0.2) is 13.0 Å². The lowest BCUT2D eigenvalue weighted by Crippen LogP contribution is -1.96. The Hall–Kier alpha value is -2.05. The number of para-hydroxylation sites is 2. The fourth-order valence-electron chi connectivity index (χ4n) is 1.10. The summed E-state index contributed by atoms with van der Waals surface area (Å²) < 4.78 is 29.2. The third-order valence-electron chi connectivity index (χ3n) is 2.04. The summed E-state index contributed by atoms with van der Waals surface area (Å²) in [6.45, 7) is 0. The first-order chi connectivity index (χ1) is 8.41. The Morgan fingerprint density at radius 2 is 1.17 bits per heavy atom. The summed E-state index contributed by atoms with van der Waals surface area (Å²) in [5.41, 5.74) is 12.1. The molecule has 0 atom stereocenters. The topological polar surface area (TPSA) is 106 Å². The summed E-state index contributed by atoms with van der Waals surface area (Å²) in [5, 5.41) is 0. The monoisotopic (exact) mass is 266 g/mol. The number of nitrogens with two attached hydrogens (primary N) is 2. The number of nitrogen functional groups attached to an aromatic ring is 2. The Kier molecular flexibility index (Phi) is 4.70. The van der Waals surface area contributed by atoms with Crippen molar-refractivity contribution in [3.05, 3.63) is 54.6 Å². The van der Waals surface area contributed by atoms with E-state index in [9.17, 15) is 8.42 Å². The zero-order chi connectivity index (χ0) is 13.6. The molecule has 0 aliphatic rings. The first-order valence-electron chi connectivity index (χ1n) is 5.04. The molecule has 0 heterocycles. The molecule has 6 heteroatoms. The minimum absolute atomic E-state index is 0.0741. The van der Waals surface area contributed by atoms with Crippen LogP contribution in [0.2, 0.25) is 0 Å². The van der Waals surface area contributed by atoms with Gasteiger partial charge >= 0.3 is 0 Å². The van der Waals surface area contributed by atoms with E-state index in [0.29, 0.717) is 11.4 Å². The number of anilines is 2. The molecule has 0 amide bonds. The van der Waals surface area contributed by atoms with Crippen LogP contribution in [0.1, 0.15) is 0 Å². The first-order valence-corrected chi connectivity index (χ1v) is 6.48. The molecule has 0 saturated carbocycles. The number of hydrogen-bond acceptors (Lipinski definition) is 4. The van der Waals surface area contributed by atoms with E-state index in [-0.39, 0.29) is 4.90 Å². The molecule has 2 aromatic carbocycles. The van der Waals surface area contributed by atoms with Crippen LogP contribution >= 0.6 is 0 Å². The lowest BCUT2D eigenvalue weighted by atomic mass is 10.3. The third-order valence-corrected chi connectivity index (χ3v) is 2.90. The molecule has 0 fully saturated rings. The largest absolute Gasteiger partial charge is 0.397 e. The van der Waals surface area contributed by atoms with Gasteiger partial charge in [-0.05, 0) is 24.3 Å². The summed E-state index contributed by atoms with van der Waals surface area (Å²) in [6.07, 6.45) is 0. The molecule has 2 aromatic rings. The van der Waals surface area contributed by atoms with Crippen LogP contribution in [0.5, 0.6) is 0 Å². The molecule has 0 aliphatic carbocycles. The van der Waals surface area contributed by atoms with Crippen molar-refractivity contribution in [3.63, 3.8) is 0 Å². The van der Waals surface area contributed by atoms with Gasteiger partial charge in [-0.3, -0.25) is 4.55 Å². The summed E-state index contributed by atoms with van der Waals surface area (Å²) in [7, 11) is -4.00. The Morgan fingerprint density at radius 3 is 1.44 bits per heavy atom. The summed E-state index contributed by atoms with van der Waals surface area (Å²) in [4.78, 5) is -0.0741. The Bertz CT molecular complexity index is 577. The highest BCUT2D eigenvalue weighted by Gasteiger charge is 2.05. The molecular formula is C12H14N2O3S. The molecule has 2 rings (SSSR count). The van der Waals surface area contributed by atoms with Gasteiger partial charge in [0.25, 0.3) is 10.1 Å². The fourth-order valence-corrected chi connectivity index (χ4v) is 1.60. The lowest BCUT2D eigenvalue weighted by Gasteiger charge is -1.94. The van der Waals surface area contributed by atoms with E-state index in [2.05, 4.69) is 0 Å². The molecule has 0 spiro atoms. The predicted octanol–water partition coefficient (Wildman–Crippen LogP) is 1.78. The minimum atomic E-state index is -4.00. The highest BCUT2D eigenvalue weighted by Crippen LogP contribution is 2.10. The average molecular weight is 266 g/mol. The summed E-state index contributed by atoms with van der Waals surface area (Å²) in [6, 6.07) is 14.7. The Morgan fingerprint density at radius 1 is 0.778 bits per heavy atom. The molecule has 0 unspecified atom stereocenters. The molecule has 18 heavy (non-hydrogen) atoms. The van der Waals surface area contributed by atoms with Gasteiger partial charge in [-0.2, -0.15) is 8.42 Å². The van der Waals surface area contributed by atoms with Crippen molar-refractivity contribution >= 4 is 21.5 Å². The van der Waals surface area contributed by atoms with E-state index in [1.54, 1.807) is 30.3 Å². The summed E-state index contributed by atoms with van der Waals surface area (Å²) in [5.74, 6) is 0. The molecule has 0 radical (unpaired) electrons. The van der Waals surface area contributed by atoms with Crippen LogP contribution in [0.15, 0.2) is 59.5 Å². The first kappa shape index (κ1) is 14.0. The van der Waals surface area contributed by atoms with Gasteiger partial charge < -0.3 is 11.5 Å². The number of benzene rings is 2. The molecule has 0 aliphatic heterocycles. The van der Waals surface area contributed by atoms with E-state index < -0.39 is 10.1 Å². The second kappa shape index (κ2) is 6.04. The van der Waals surface area contributed by atoms with Crippen molar-refractivity contribution in [2.45, 2.75) is 4.90 Å². The predicted molar refractivity (Wildman–Crippen MR) is 71.5 cm³/mol. The molecule has 0 bridgehead atoms. The van der Waals surface area contributed by atoms with Gasteiger partial charge in [0.1, 0.15) is 0 Å². The molecular weight excluding hydrogens is 252 g/mol. The van der Waals surface area contributed by atoms with Crippen molar-refractivity contribution in [2.24, 2.45) is 0 Å². The molecule has 5 nitrogen and oxygen atoms in total. The van der Waals surface area contributed by atoms with Gasteiger partial charge in [0.15, 0.2) is 0 Å². The lowest BCUT2D eigenvalue weighted by molar-refractivity contribution is 0.483. The van der Waals surface area contributed by atoms with E-state index in [1.165, 1.54) is 12.1 Å². The highest BCUT2D eigenvalue weighted by molar-refractivity contribution is 7.85. The van der Waals surface area contributed by atoms with E-state index in [4.69, 9.17) is 16.0 Å². The fraction of sp³-hybridized carbons (Fsp3) is 0. The smallest absolute Gasteiger partial charge is 0.294 e. The van der Waals surface area contributed by atoms with E-state index in [0.717, 1.165) is 0 Å². The van der Waals surface area contributed by atoms with Crippen LogP contribution in [0.3, 0.4) is 0 Å². The minimum Gasteiger partial charge on any atom is -0.397 e. The average Bonchev–Trinajstić information content (AvgIpc) is 2.34. The Balaban J connectivity index is 0.000000184. The molecule has 5 N–H and O–H groups in total. The SMILES string of the molecule is Nc1ccccc1N.O=S(=O)(O)c1ccccc1. The Labute approximate surface area is 106 Å². The zero-order valence-electron chi connectivity index (χ0n) is 9.52. The maximum Gasteiger partial charge on any atom is 0.294 e. The van der Waals surface area contributed by atoms with Crippen molar-refractivity contribution in [1.82, 2.24) is 0 Å². The van der Waals surface area contributed by atoms with Crippen molar-refractivity contribution in [2.75, 3.05) is 11.5 Å². The quantitative estimate of drug-likeness (QED) is 0.539. The standard InChI is InChI=1S/C6H8N2.C6H6O3S/c7-5-3-1-2-4-6(5)8;7-10(8,9)6-4-2-1-3-5-6/h1-4H,7-8H2;1-5H,(H,7,8,9). The van der Waals surface area contributed by atoms with Crippen molar-refractivity contribution in [1.29, 1.82) is 0 Å². The molecule has 96 valence electrons. The van der Waals surface area contributed by atoms with Crippen molar-refractivity contribution in [3.8, 4) is 0 Å². The van der Waals surface area contributed by atoms with E-state index in [1.807, 2.05) is 12.1 Å². The number of hydrogen-bond donors (Lipinski definition) is 3. The van der Waals surface area contributed by atoms with Crippen LogP contribution in [0.4, 0.5) is 11.4 Å². The number of rotatable bonds is 1. The maximum atomic E-state index is 10.4. The summed E-state index contributed by atoms with van der Waals surface area (Å²) >= 11 is 0. The highest BCUT2D eigenvalue weighted by atomic mass is 32.2. The second-order valence-corrected chi connectivity index (χ2v) is 4.84. The van der Waals surface area contributed by atoms with Gasteiger partial charge in [-0.1, -0.05) is 30.3 Å². The third kappa shape index (κ3) is 4.44. The van der Waals surface area contributed by atoms with Crippen LogP contribution in [0, 0.1) is 0 Å². The van der Waals surface area contributed by atoms with Gasteiger partial charge in [-0.15, -0.1) is 0 Å². The van der Waals surface area contributed by atoms with Crippen LogP contribution in [0.25, 0.3) is 0 Å². The van der Waals surface area contributed by atoms with Gasteiger partial charge in [0.05, 0.1) is 16.3 Å². The maximum absolute atomic E-state index is 10.4. The van der Waals surface area contributed by atoms with Gasteiger partial charge in [0.2, 0.25) is 0 Å². The van der Waals surface area contributed by atoms with Crippen molar-refractivity contribution < 1.29 is 13.0 Å². The van der Waals surface area contributed by atoms with Gasteiger partial charge in [0, 0.05) is 0 Å². The second-order valence-electron chi connectivity index (χ2n) is 3.42. The molecule has 0 aromatic heterocycles. The van der Waals surface area contributed by atoms with Crippen LogP contribution in [-0.2, 0) is 10.1 Å².